The molecular formula is C20H23BrN2O2. The van der Waals surface area contributed by atoms with Crippen LogP contribution in [-0.2, 0) is 6.54 Å². The van der Waals surface area contributed by atoms with Crippen LogP contribution in [0, 0.1) is 0 Å². The highest BCUT2D eigenvalue weighted by Gasteiger charge is 2.22. The molecule has 1 saturated heterocycles. The smallest absolute Gasteiger partial charge is 0.253 e. The van der Waals surface area contributed by atoms with E-state index in [2.05, 4.69) is 39.0 Å². The van der Waals surface area contributed by atoms with Gasteiger partial charge in [-0.05, 0) is 42.8 Å². The Bertz CT molecular complexity index is 710. The third-order valence-electron chi connectivity index (χ3n) is 4.42. The van der Waals surface area contributed by atoms with Gasteiger partial charge in [0.25, 0.3) is 5.91 Å². The largest absolute Gasteiger partial charge is 0.494 e. The lowest BCUT2D eigenvalue weighted by atomic mass is 10.1. The summed E-state index contributed by atoms with van der Waals surface area (Å²) in [5.74, 6) is 0.904. The predicted molar refractivity (Wildman–Crippen MR) is 103 cm³/mol. The maximum atomic E-state index is 12.6. The Morgan fingerprint density at radius 2 is 1.72 bits per heavy atom. The van der Waals surface area contributed by atoms with Crippen LogP contribution in [0.15, 0.2) is 53.0 Å². The number of amides is 1. The molecule has 2 aromatic rings. The number of rotatable bonds is 5. The van der Waals surface area contributed by atoms with Crippen molar-refractivity contribution in [1.82, 2.24) is 9.80 Å². The lowest BCUT2D eigenvalue weighted by molar-refractivity contribution is 0.0628. The van der Waals surface area contributed by atoms with Crippen LogP contribution in [-0.4, -0.2) is 48.5 Å². The molecule has 0 N–H and O–H groups in total. The summed E-state index contributed by atoms with van der Waals surface area (Å²) in [5.41, 5.74) is 2.01. The molecule has 0 atom stereocenters. The van der Waals surface area contributed by atoms with Gasteiger partial charge in [-0.25, -0.2) is 0 Å². The minimum atomic E-state index is 0.101. The highest BCUT2D eigenvalue weighted by Crippen LogP contribution is 2.19. The van der Waals surface area contributed by atoms with Crippen molar-refractivity contribution in [2.24, 2.45) is 0 Å². The average molecular weight is 403 g/mol. The van der Waals surface area contributed by atoms with Crippen LogP contribution in [0.1, 0.15) is 22.8 Å². The maximum Gasteiger partial charge on any atom is 0.253 e. The van der Waals surface area contributed by atoms with Gasteiger partial charge in [0, 0.05) is 42.8 Å². The summed E-state index contributed by atoms with van der Waals surface area (Å²) in [5, 5.41) is 0. The number of hydrogen-bond donors (Lipinski definition) is 0. The van der Waals surface area contributed by atoms with Gasteiger partial charge < -0.3 is 9.64 Å². The predicted octanol–water partition coefficient (Wildman–Crippen LogP) is 3.81. The normalized spacial score (nSPS) is 15.2. The molecule has 3 rings (SSSR count). The topological polar surface area (TPSA) is 32.8 Å². The minimum absolute atomic E-state index is 0.101. The van der Waals surface area contributed by atoms with E-state index in [1.165, 1.54) is 5.56 Å². The van der Waals surface area contributed by atoms with Crippen molar-refractivity contribution in [2.75, 3.05) is 32.8 Å². The lowest BCUT2D eigenvalue weighted by Crippen LogP contribution is -2.48. The Morgan fingerprint density at radius 3 is 2.36 bits per heavy atom. The Morgan fingerprint density at radius 1 is 1.04 bits per heavy atom. The molecule has 0 radical (unpaired) electrons. The van der Waals surface area contributed by atoms with Gasteiger partial charge in [0.2, 0.25) is 0 Å². The quantitative estimate of drug-likeness (QED) is 0.762. The molecule has 0 aromatic heterocycles. The van der Waals surface area contributed by atoms with E-state index >= 15 is 0 Å². The zero-order chi connectivity index (χ0) is 17.6. The summed E-state index contributed by atoms with van der Waals surface area (Å²) in [6.07, 6.45) is 0. The van der Waals surface area contributed by atoms with Crippen LogP contribution >= 0.6 is 15.9 Å². The van der Waals surface area contributed by atoms with E-state index in [1.54, 1.807) is 0 Å². The number of nitrogens with zero attached hydrogens (tertiary/aromatic N) is 2. The molecule has 1 heterocycles. The second-order valence-electron chi connectivity index (χ2n) is 6.12. The number of carbonyl (C=O) groups excluding carboxylic acids is 1. The van der Waals surface area contributed by atoms with Gasteiger partial charge in [0.05, 0.1) is 6.61 Å². The van der Waals surface area contributed by atoms with E-state index in [0.717, 1.165) is 48.5 Å². The molecule has 5 heteroatoms. The number of halogens is 1. The van der Waals surface area contributed by atoms with E-state index in [0.29, 0.717) is 6.61 Å². The molecule has 25 heavy (non-hydrogen) atoms. The van der Waals surface area contributed by atoms with Crippen LogP contribution in [0.5, 0.6) is 5.75 Å². The van der Waals surface area contributed by atoms with Crippen LogP contribution < -0.4 is 4.74 Å². The first kappa shape index (κ1) is 18.0. The van der Waals surface area contributed by atoms with E-state index < -0.39 is 0 Å². The number of benzene rings is 2. The second-order valence-corrected chi connectivity index (χ2v) is 6.97. The monoisotopic (exact) mass is 402 g/mol. The number of piperazine rings is 1. The van der Waals surface area contributed by atoms with Crippen molar-refractivity contribution in [1.29, 1.82) is 0 Å². The fraction of sp³-hybridized carbons (Fsp3) is 0.350. The van der Waals surface area contributed by atoms with E-state index in [4.69, 9.17) is 4.74 Å². The molecule has 4 nitrogen and oxygen atoms in total. The van der Waals surface area contributed by atoms with Gasteiger partial charge in [-0.15, -0.1) is 0 Å². The van der Waals surface area contributed by atoms with Gasteiger partial charge in [-0.2, -0.15) is 0 Å². The maximum absolute atomic E-state index is 12.6. The molecule has 2 aromatic carbocycles. The average Bonchev–Trinajstić information content (AvgIpc) is 2.65. The molecule has 1 fully saturated rings. The highest BCUT2D eigenvalue weighted by atomic mass is 79.9. The third-order valence-corrected chi connectivity index (χ3v) is 5.20. The first-order valence-corrected chi connectivity index (χ1v) is 9.44. The molecule has 1 aliphatic heterocycles. The van der Waals surface area contributed by atoms with Gasteiger partial charge in [-0.1, -0.05) is 34.1 Å². The molecule has 1 amide bonds. The Balaban J connectivity index is 1.54. The van der Waals surface area contributed by atoms with Crippen molar-refractivity contribution in [3.63, 3.8) is 0 Å². The lowest BCUT2D eigenvalue weighted by Gasteiger charge is -2.35. The number of ether oxygens (including phenoxy) is 1. The minimum Gasteiger partial charge on any atom is -0.494 e. The summed E-state index contributed by atoms with van der Waals surface area (Å²) in [7, 11) is 0. The standard InChI is InChI=1S/C20H23BrN2O2/c1-2-25-18-9-7-16(8-10-18)20(24)23-13-11-22(12-14-23)15-17-5-3-4-6-19(17)21/h3-10H,2,11-15H2,1H3. The van der Waals surface area contributed by atoms with E-state index in [1.807, 2.05) is 42.2 Å². The summed E-state index contributed by atoms with van der Waals surface area (Å²) in [4.78, 5) is 17.0. The van der Waals surface area contributed by atoms with E-state index in [9.17, 15) is 4.79 Å². The fourth-order valence-corrected chi connectivity index (χ4v) is 3.43. The first-order valence-electron chi connectivity index (χ1n) is 8.65. The molecule has 1 aliphatic rings. The molecule has 0 unspecified atom stereocenters. The Kier molecular flexibility index (Phi) is 6.10. The Hall–Kier alpha value is -1.85. The number of hydrogen-bond acceptors (Lipinski definition) is 3. The SMILES string of the molecule is CCOc1ccc(C(=O)N2CCN(Cc3ccccc3Br)CC2)cc1. The molecule has 0 bridgehead atoms. The summed E-state index contributed by atoms with van der Waals surface area (Å²) < 4.78 is 6.57. The summed E-state index contributed by atoms with van der Waals surface area (Å²) >= 11 is 3.60. The van der Waals surface area contributed by atoms with Crippen molar-refractivity contribution in [3.05, 3.63) is 64.1 Å². The molecule has 132 valence electrons. The summed E-state index contributed by atoms with van der Waals surface area (Å²) in [6, 6.07) is 15.7. The van der Waals surface area contributed by atoms with Crippen molar-refractivity contribution in [2.45, 2.75) is 13.5 Å². The van der Waals surface area contributed by atoms with Gasteiger partial charge in [0.15, 0.2) is 0 Å². The van der Waals surface area contributed by atoms with Crippen LogP contribution in [0.4, 0.5) is 0 Å². The molecular weight excluding hydrogens is 380 g/mol. The molecule has 0 aliphatic carbocycles. The van der Waals surface area contributed by atoms with Gasteiger partial charge in [-0.3, -0.25) is 9.69 Å². The van der Waals surface area contributed by atoms with Crippen LogP contribution in [0.3, 0.4) is 0 Å². The fourth-order valence-electron chi connectivity index (χ4n) is 3.02. The second kappa shape index (κ2) is 8.50. The van der Waals surface area contributed by atoms with Gasteiger partial charge in [0.1, 0.15) is 5.75 Å². The highest BCUT2D eigenvalue weighted by molar-refractivity contribution is 9.10. The summed E-state index contributed by atoms with van der Waals surface area (Å²) in [6.45, 7) is 6.80. The van der Waals surface area contributed by atoms with Crippen molar-refractivity contribution in [3.8, 4) is 5.75 Å². The first-order chi connectivity index (χ1) is 12.2. The van der Waals surface area contributed by atoms with Crippen LogP contribution in [0.2, 0.25) is 0 Å². The number of carbonyl (C=O) groups is 1. The Labute approximate surface area is 157 Å². The molecule has 0 saturated carbocycles. The van der Waals surface area contributed by atoms with E-state index in [-0.39, 0.29) is 5.91 Å². The van der Waals surface area contributed by atoms with Gasteiger partial charge >= 0.3 is 0 Å². The van der Waals surface area contributed by atoms with Crippen LogP contribution in [0.25, 0.3) is 0 Å². The van der Waals surface area contributed by atoms with Crippen molar-refractivity contribution >= 4 is 21.8 Å². The zero-order valence-corrected chi connectivity index (χ0v) is 16.0. The third kappa shape index (κ3) is 4.61. The van der Waals surface area contributed by atoms with Crippen molar-refractivity contribution < 1.29 is 9.53 Å². The molecule has 0 spiro atoms. The zero-order valence-electron chi connectivity index (χ0n) is 14.5.